The van der Waals surface area contributed by atoms with Gasteiger partial charge >= 0.3 is 0 Å². The van der Waals surface area contributed by atoms with Crippen LogP contribution in [-0.2, 0) is 4.79 Å². The molecule has 1 fully saturated rings. The van der Waals surface area contributed by atoms with E-state index in [0.717, 1.165) is 48.7 Å². The minimum atomic E-state index is -0.0219. The number of benzene rings is 2. The molecule has 0 unspecified atom stereocenters. The number of para-hydroxylation sites is 2. The summed E-state index contributed by atoms with van der Waals surface area (Å²) in [4.78, 5) is 23.9. The topological polar surface area (TPSA) is 67.3 Å². The summed E-state index contributed by atoms with van der Waals surface area (Å²) in [7, 11) is 0. The number of hydrogen-bond donors (Lipinski definition) is 1. The van der Waals surface area contributed by atoms with Crippen molar-refractivity contribution in [3.8, 4) is 17.0 Å². The van der Waals surface area contributed by atoms with Crippen LogP contribution in [0.5, 0.6) is 5.75 Å². The highest BCUT2D eigenvalue weighted by Gasteiger charge is 2.26. The molecular formula is C24H26N4O2. The van der Waals surface area contributed by atoms with Crippen LogP contribution in [0.4, 0.5) is 11.5 Å². The van der Waals surface area contributed by atoms with Crippen molar-refractivity contribution >= 4 is 17.4 Å². The van der Waals surface area contributed by atoms with E-state index in [4.69, 9.17) is 4.74 Å². The van der Waals surface area contributed by atoms with Crippen molar-refractivity contribution in [1.29, 1.82) is 0 Å². The number of hydrogen-bond acceptors (Lipinski definition) is 5. The molecule has 6 heteroatoms. The van der Waals surface area contributed by atoms with Crippen LogP contribution in [0.1, 0.15) is 19.8 Å². The lowest BCUT2D eigenvalue weighted by molar-refractivity contribution is -0.120. The third kappa shape index (κ3) is 4.59. The maximum atomic E-state index is 12.8. The Morgan fingerprint density at radius 2 is 1.80 bits per heavy atom. The third-order valence-electron chi connectivity index (χ3n) is 5.36. The molecule has 1 N–H and O–H groups in total. The number of carbonyl (C=O) groups is 1. The van der Waals surface area contributed by atoms with E-state index in [1.807, 2.05) is 67.6 Å². The van der Waals surface area contributed by atoms with Crippen molar-refractivity contribution in [2.45, 2.75) is 19.8 Å². The Hall–Kier alpha value is -3.41. The Morgan fingerprint density at radius 1 is 1.07 bits per heavy atom. The summed E-state index contributed by atoms with van der Waals surface area (Å²) in [6, 6.07) is 19.7. The summed E-state index contributed by atoms with van der Waals surface area (Å²) in [5, 5.41) is 3.04. The molecule has 1 aliphatic rings. The van der Waals surface area contributed by atoms with Crippen LogP contribution in [0.2, 0.25) is 0 Å². The van der Waals surface area contributed by atoms with Gasteiger partial charge in [-0.05, 0) is 31.9 Å². The van der Waals surface area contributed by atoms with Gasteiger partial charge in [-0.3, -0.25) is 4.79 Å². The van der Waals surface area contributed by atoms with Crippen molar-refractivity contribution in [2.24, 2.45) is 5.92 Å². The van der Waals surface area contributed by atoms with E-state index < -0.39 is 0 Å². The maximum absolute atomic E-state index is 12.8. The van der Waals surface area contributed by atoms with E-state index in [1.165, 1.54) is 0 Å². The van der Waals surface area contributed by atoms with Gasteiger partial charge in [-0.1, -0.05) is 42.5 Å². The second-order valence-electron chi connectivity index (χ2n) is 7.31. The van der Waals surface area contributed by atoms with Crippen molar-refractivity contribution < 1.29 is 9.53 Å². The number of aromatic nitrogens is 2. The molecule has 0 bridgehead atoms. The van der Waals surface area contributed by atoms with Gasteiger partial charge in [-0.15, -0.1) is 0 Å². The van der Waals surface area contributed by atoms with E-state index in [0.29, 0.717) is 12.4 Å². The van der Waals surface area contributed by atoms with Gasteiger partial charge in [-0.2, -0.15) is 0 Å². The fourth-order valence-electron chi connectivity index (χ4n) is 3.74. The Morgan fingerprint density at radius 3 is 2.57 bits per heavy atom. The van der Waals surface area contributed by atoms with Crippen LogP contribution in [0.25, 0.3) is 11.3 Å². The molecule has 6 nitrogen and oxygen atoms in total. The monoisotopic (exact) mass is 402 g/mol. The summed E-state index contributed by atoms with van der Waals surface area (Å²) >= 11 is 0. The van der Waals surface area contributed by atoms with Crippen LogP contribution in [-0.4, -0.2) is 35.6 Å². The number of nitrogens with zero attached hydrogens (tertiary/aromatic N) is 3. The lowest BCUT2D eigenvalue weighted by atomic mass is 9.95. The number of rotatable bonds is 6. The minimum Gasteiger partial charge on any atom is -0.492 e. The number of amides is 1. The Labute approximate surface area is 176 Å². The number of carbonyl (C=O) groups excluding carboxylic acids is 1. The smallest absolute Gasteiger partial charge is 0.227 e. The predicted octanol–water partition coefficient (Wildman–Crippen LogP) is 4.40. The van der Waals surface area contributed by atoms with Gasteiger partial charge in [0.25, 0.3) is 0 Å². The lowest BCUT2D eigenvalue weighted by Gasteiger charge is -2.32. The summed E-state index contributed by atoms with van der Waals surface area (Å²) in [5.74, 6) is 1.64. The molecule has 0 atom stereocenters. The van der Waals surface area contributed by atoms with Crippen molar-refractivity contribution in [3.05, 3.63) is 67.0 Å². The van der Waals surface area contributed by atoms with Crippen molar-refractivity contribution in [3.63, 3.8) is 0 Å². The molecule has 2 heterocycles. The SMILES string of the molecule is CCOc1ccccc1NC(=O)C1CCN(c2cc(-c3ccccc3)ncn2)CC1. The lowest BCUT2D eigenvalue weighted by Crippen LogP contribution is -2.38. The Bertz CT molecular complexity index is 985. The van der Waals surface area contributed by atoms with Crippen LogP contribution in [0.3, 0.4) is 0 Å². The third-order valence-corrected chi connectivity index (χ3v) is 5.36. The second kappa shape index (κ2) is 9.39. The molecule has 0 aliphatic carbocycles. The van der Waals surface area contributed by atoms with Gasteiger partial charge in [-0.25, -0.2) is 9.97 Å². The van der Waals surface area contributed by atoms with E-state index >= 15 is 0 Å². The zero-order chi connectivity index (χ0) is 20.8. The molecule has 3 aromatic rings. The fraction of sp³-hybridized carbons (Fsp3) is 0.292. The van der Waals surface area contributed by atoms with E-state index in [2.05, 4.69) is 20.2 Å². The first-order chi connectivity index (χ1) is 14.7. The normalized spacial score (nSPS) is 14.4. The van der Waals surface area contributed by atoms with Crippen LogP contribution in [0, 0.1) is 5.92 Å². The second-order valence-corrected chi connectivity index (χ2v) is 7.31. The summed E-state index contributed by atoms with van der Waals surface area (Å²) in [5.41, 5.74) is 2.71. The fourth-order valence-corrected chi connectivity index (χ4v) is 3.74. The molecule has 30 heavy (non-hydrogen) atoms. The first kappa shape index (κ1) is 19.9. The van der Waals surface area contributed by atoms with Gasteiger partial charge in [0.2, 0.25) is 5.91 Å². The van der Waals surface area contributed by atoms with Gasteiger partial charge in [0.1, 0.15) is 17.9 Å². The molecular weight excluding hydrogens is 376 g/mol. The zero-order valence-corrected chi connectivity index (χ0v) is 17.1. The number of piperidine rings is 1. The number of anilines is 2. The summed E-state index contributed by atoms with van der Waals surface area (Å²) in [6.07, 6.45) is 3.18. The zero-order valence-electron chi connectivity index (χ0n) is 17.1. The molecule has 1 aromatic heterocycles. The van der Waals surface area contributed by atoms with Gasteiger partial charge in [0.05, 0.1) is 18.0 Å². The molecule has 1 amide bonds. The van der Waals surface area contributed by atoms with Gasteiger partial charge in [0.15, 0.2) is 0 Å². The van der Waals surface area contributed by atoms with E-state index in [9.17, 15) is 4.79 Å². The summed E-state index contributed by atoms with van der Waals surface area (Å²) < 4.78 is 5.61. The number of ether oxygens (including phenoxy) is 1. The molecule has 0 saturated carbocycles. The summed E-state index contributed by atoms with van der Waals surface area (Å²) in [6.45, 7) is 4.08. The molecule has 0 radical (unpaired) electrons. The van der Waals surface area contributed by atoms with Crippen LogP contribution in [0.15, 0.2) is 67.0 Å². The minimum absolute atomic E-state index is 0.0219. The molecule has 0 spiro atoms. The molecule has 154 valence electrons. The van der Waals surface area contributed by atoms with Gasteiger partial charge < -0.3 is 15.0 Å². The quantitative estimate of drug-likeness (QED) is 0.662. The molecule has 1 aliphatic heterocycles. The van der Waals surface area contributed by atoms with Crippen LogP contribution < -0.4 is 15.0 Å². The highest BCUT2D eigenvalue weighted by Crippen LogP contribution is 2.28. The first-order valence-electron chi connectivity index (χ1n) is 10.4. The molecule has 2 aromatic carbocycles. The van der Waals surface area contributed by atoms with E-state index in [1.54, 1.807) is 6.33 Å². The predicted molar refractivity (Wildman–Crippen MR) is 119 cm³/mol. The molecule has 4 rings (SSSR count). The Balaban J connectivity index is 1.38. The van der Waals surface area contributed by atoms with Crippen LogP contribution >= 0.6 is 0 Å². The molecule has 1 saturated heterocycles. The average molecular weight is 402 g/mol. The maximum Gasteiger partial charge on any atom is 0.227 e. The number of nitrogens with one attached hydrogen (secondary N) is 1. The first-order valence-corrected chi connectivity index (χ1v) is 10.4. The largest absolute Gasteiger partial charge is 0.492 e. The van der Waals surface area contributed by atoms with E-state index in [-0.39, 0.29) is 11.8 Å². The Kier molecular flexibility index (Phi) is 6.23. The van der Waals surface area contributed by atoms with Crippen molar-refractivity contribution in [1.82, 2.24) is 9.97 Å². The standard InChI is InChI=1S/C24H26N4O2/c1-2-30-22-11-7-6-10-20(22)27-24(29)19-12-14-28(15-13-19)23-16-21(25-17-26-23)18-8-4-3-5-9-18/h3-11,16-17,19H,2,12-15H2,1H3,(H,27,29). The highest BCUT2D eigenvalue weighted by molar-refractivity contribution is 5.94. The van der Waals surface area contributed by atoms with Gasteiger partial charge in [0, 0.05) is 30.6 Å². The van der Waals surface area contributed by atoms with Crippen molar-refractivity contribution in [2.75, 3.05) is 29.9 Å². The highest BCUT2D eigenvalue weighted by atomic mass is 16.5. The average Bonchev–Trinajstić information content (AvgIpc) is 2.81.